The van der Waals surface area contributed by atoms with E-state index in [9.17, 15) is 14.0 Å². The van der Waals surface area contributed by atoms with Gasteiger partial charge >= 0.3 is 5.97 Å². The molecule has 0 aliphatic carbocycles. The van der Waals surface area contributed by atoms with Crippen LogP contribution in [0.2, 0.25) is 0 Å². The maximum atomic E-state index is 13.1. The van der Waals surface area contributed by atoms with Gasteiger partial charge in [0, 0.05) is 10.2 Å². The van der Waals surface area contributed by atoms with Crippen LogP contribution in [-0.4, -0.2) is 18.5 Å². The molecule has 1 amide bonds. The number of nitrogens with one attached hydrogen (secondary N) is 1. The van der Waals surface area contributed by atoms with Gasteiger partial charge in [-0.2, -0.15) is 0 Å². The van der Waals surface area contributed by atoms with Gasteiger partial charge in [-0.25, -0.2) is 9.18 Å². The van der Waals surface area contributed by atoms with Gasteiger partial charge in [0.15, 0.2) is 6.61 Å². The zero-order chi connectivity index (χ0) is 16.8. The molecule has 0 unspecified atom stereocenters. The van der Waals surface area contributed by atoms with Crippen LogP contribution in [0.3, 0.4) is 0 Å². The number of carbonyl (C=O) groups excluding carboxylic acids is 2. The monoisotopic (exact) mass is 379 g/mol. The Morgan fingerprint density at radius 2 is 1.87 bits per heavy atom. The first kappa shape index (κ1) is 17.1. The summed E-state index contributed by atoms with van der Waals surface area (Å²) in [7, 11) is 0. The Morgan fingerprint density at radius 1 is 1.17 bits per heavy atom. The first-order valence-corrected chi connectivity index (χ1v) is 7.80. The van der Waals surface area contributed by atoms with Crippen LogP contribution in [0.15, 0.2) is 46.9 Å². The highest BCUT2D eigenvalue weighted by Crippen LogP contribution is 2.18. The number of amides is 1. The standard InChI is InChI=1S/C17H15BrFNO3/c1-2-11-3-6-13(7-4-11)20-16(21)10-23-17(22)14-9-12(19)5-8-15(14)18/h3-9H,2,10H2,1H3,(H,20,21). The summed E-state index contributed by atoms with van der Waals surface area (Å²) in [5, 5.41) is 2.62. The topological polar surface area (TPSA) is 55.4 Å². The van der Waals surface area contributed by atoms with Crippen LogP contribution >= 0.6 is 15.9 Å². The summed E-state index contributed by atoms with van der Waals surface area (Å²) in [4.78, 5) is 23.6. The summed E-state index contributed by atoms with van der Waals surface area (Å²) in [5.74, 6) is -1.79. The van der Waals surface area contributed by atoms with E-state index in [1.54, 1.807) is 12.1 Å². The molecule has 4 nitrogen and oxygen atoms in total. The minimum atomic E-state index is -0.771. The predicted molar refractivity (Wildman–Crippen MR) is 88.8 cm³/mol. The number of benzene rings is 2. The first-order chi connectivity index (χ1) is 11.0. The molecule has 6 heteroatoms. The molecule has 0 aliphatic heterocycles. The third-order valence-electron chi connectivity index (χ3n) is 3.13. The fourth-order valence-electron chi connectivity index (χ4n) is 1.88. The molecule has 0 bridgehead atoms. The van der Waals surface area contributed by atoms with Crippen molar-refractivity contribution in [2.75, 3.05) is 11.9 Å². The lowest BCUT2D eigenvalue weighted by Crippen LogP contribution is -2.21. The van der Waals surface area contributed by atoms with Gasteiger partial charge in [-0.3, -0.25) is 4.79 Å². The van der Waals surface area contributed by atoms with Gasteiger partial charge in [0.1, 0.15) is 5.82 Å². The van der Waals surface area contributed by atoms with Crippen molar-refractivity contribution < 1.29 is 18.7 Å². The van der Waals surface area contributed by atoms with E-state index in [0.29, 0.717) is 10.2 Å². The van der Waals surface area contributed by atoms with Crippen molar-refractivity contribution >= 4 is 33.5 Å². The summed E-state index contributed by atoms with van der Waals surface area (Å²) in [5.41, 5.74) is 1.81. The number of esters is 1. The van der Waals surface area contributed by atoms with Gasteiger partial charge < -0.3 is 10.1 Å². The molecule has 2 aromatic carbocycles. The van der Waals surface area contributed by atoms with Crippen LogP contribution in [0.5, 0.6) is 0 Å². The lowest BCUT2D eigenvalue weighted by Gasteiger charge is -2.08. The second kappa shape index (κ2) is 7.87. The van der Waals surface area contributed by atoms with Gasteiger partial charge in [0.25, 0.3) is 5.91 Å². The number of carbonyl (C=O) groups is 2. The average molecular weight is 380 g/mol. The molecule has 2 rings (SSSR count). The Bertz CT molecular complexity index is 716. The Kier molecular flexibility index (Phi) is 5.87. The highest BCUT2D eigenvalue weighted by molar-refractivity contribution is 9.10. The molecule has 0 spiro atoms. The lowest BCUT2D eigenvalue weighted by atomic mass is 10.1. The van der Waals surface area contributed by atoms with E-state index < -0.39 is 24.3 Å². The van der Waals surface area contributed by atoms with Gasteiger partial charge in [-0.05, 0) is 58.2 Å². The Balaban J connectivity index is 1.90. The summed E-state index contributed by atoms with van der Waals surface area (Å²) < 4.78 is 18.4. The van der Waals surface area contributed by atoms with Crippen LogP contribution in [0.1, 0.15) is 22.8 Å². The average Bonchev–Trinajstić information content (AvgIpc) is 2.55. The van der Waals surface area contributed by atoms with Crippen molar-refractivity contribution in [1.82, 2.24) is 0 Å². The minimum absolute atomic E-state index is 0.0325. The number of ether oxygens (including phenoxy) is 1. The maximum Gasteiger partial charge on any atom is 0.339 e. The second-order valence-electron chi connectivity index (χ2n) is 4.80. The molecule has 0 atom stereocenters. The third-order valence-corrected chi connectivity index (χ3v) is 3.82. The molecule has 2 aromatic rings. The molecule has 23 heavy (non-hydrogen) atoms. The minimum Gasteiger partial charge on any atom is -0.452 e. The number of rotatable bonds is 5. The lowest BCUT2D eigenvalue weighted by molar-refractivity contribution is -0.119. The van der Waals surface area contributed by atoms with E-state index in [-0.39, 0.29) is 5.56 Å². The summed E-state index contributed by atoms with van der Waals surface area (Å²) >= 11 is 3.14. The molecular formula is C17H15BrFNO3. The number of halogens is 2. The zero-order valence-corrected chi connectivity index (χ0v) is 14.0. The quantitative estimate of drug-likeness (QED) is 0.800. The van der Waals surface area contributed by atoms with E-state index in [4.69, 9.17) is 4.74 Å². The van der Waals surface area contributed by atoms with E-state index in [0.717, 1.165) is 18.1 Å². The van der Waals surface area contributed by atoms with Crippen molar-refractivity contribution in [3.05, 3.63) is 63.9 Å². The summed E-state index contributed by atoms with van der Waals surface area (Å²) in [6.07, 6.45) is 0.911. The Labute approximate surface area is 141 Å². The van der Waals surface area contributed by atoms with Crippen LogP contribution in [0.25, 0.3) is 0 Å². The van der Waals surface area contributed by atoms with Crippen molar-refractivity contribution in [3.63, 3.8) is 0 Å². The second-order valence-corrected chi connectivity index (χ2v) is 5.65. The van der Waals surface area contributed by atoms with Crippen molar-refractivity contribution in [2.24, 2.45) is 0 Å². The Hall–Kier alpha value is -2.21. The van der Waals surface area contributed by atoms with Crippen molar-refractivity contribution in [3.8, 4) is 0 Å². The fraction of sp³-hybridized carbons (Fsp3) is 0.176. The van der Waals surface area contributed by atoms with Gasteiger partial charge in [0.05, 0.1) is 5.56 Å². The molecule has 0 fully saturated rings. The van der Waals surface area contributed by atoms with E-state index in [1.165, 1.54) is 12.1 Å². The smallest absolute Gasteiger partial charge is 0.339 e. The van der Waals surface area contributed by atoms with Crippen LogP contribution in [0, 0.1) is 5.82 Å². The number of anilines is 1. The van der Waals surface area contributed by atoms with Crippen molar-refractivity contribution in [2.45, 2.75) is 13.3 Å². The van der Waals surface area contributed by atoms with E-state index in [2.05, 4.69) is 21.2 Å². The molecule has 0 heterocycles. The maximum absolute atomic E-state index is 13.1. The van der Waals surface area contributed by atoms with Crippen molar-refractivity contribution in [1.29, 1.82) is 0 Å². The molecule has 0 saturated heterocycles. The van der Waals surface area contributed by atoms with Crippen LogP contribution in [-0.2, 0) is 16.0 Å². The Morgan fingerprint density at radius 3 is 2.52 bits per heavy atom. The highest BCUT2D eigenvalue weighted by atomic mass is 79.9. The first-order valence-electron chi connectivity index (χ1n) is 7.00. The van der Waals surface area contributed by atoms with E-state index >= 15 is 0 Å². The largest absolute Gasteiger partial charge is 0.452 e. The van der Waals surface area contributed by atoms with Gasteiger partial charge in [-0.15, -0.1) is 0 Å². The molecule has 0 aromatic heterocycles. The predicted octanol–water partition coefficient (Wildman–Crippen LogP) is 3.95. The molecular weight excluding hydrogens is 365 g/mol. The zero-order valence-electron chi connectivity index (χ0n) is 12.4. The molecule has 1 N–H and O–H groups in total. The normalized spacial score (nSPS) is 10.2. The molecule has 0 radical (unpaired) electrons. The third kappa shape index (κ3) is 4.89. The van der Waals surface area contributed by atoms with Crippen LogP contribution < -0.4 is 5.32 Å². The molecule has 0 aliphatic rings. The molecule has 0 saturated carbocycles. The fourth-order valence-corrected chi connectivity index (χ4v) is 2.29. The number of aryl methyl sites for hydroxylation is 1. The summed E-state index contributed by atoms with van der Waals surface area (Å²) in [6, 6.07) is 11.0. The highest BCUT2D eigenvalue weighted by Gasteiger charge is 2.14. The van der Waals surface area contributed by atoms with Crippen LogP contribution in [0.4, 0.5) is 10.1 Å². The van der Waals surface area contributed by atoms with Gasteiger partial charge in [-0.1, -0.05) is 19.1 Å². The van der Waals surface area contributed by atoms with Gasteiger partial charge in [0.2, 0.25) is 0 Å². The summed E-state index contributed by atoms with van der Waals surface area (Å²) in [6.45, 7) is 1.59. The molecule has 120 valence electrons. The SMILES string of the molecule is CCc1ccc(NC(=O)COC(=O)c2cc(F)ccc2Br)cc1. The van der Waals surface area contributed by atoms with E-state index in [1.807, 2.05) is 19.1 Å². The number of hydrogen-bond donors (Lipinski definition) is 1. The number of hydrogen-bond acceptors (Lipinski definition) is 3.